The van der Waals surface area contributed by atoms with Gasteiger partial charge in [-0.05, 0) is 61.3 Å². The lowest BCUT2D eigenvalue weighted by atomic mass is 9.43. The molecule has 6 aliphatic rings. The molecule has 5 fully saturated rings. The lowest BCUT2D eigenvalue weighted by Gasteiger charge is -2.62. The molecule has 0 aromatic rings. The number of carbonyl (C=O) groups excluding carboxylic acids is 1. The molecule has 0 amide bonds. The third-order valence-corrected chi connectivity index (χ3v) is 10.3. The summed E-state index contributed by atoms with van der Waals surface area (Å²) < 4.78 is 24.1. The summed E-state index contributed by atoms with van der Waals surface area (Å²) >= 11 is 0. The smallest absolute Gasteiger partial charge is 0.226 e. The van der Waals surface area contributed by atoms with Gasteiger partial charge in [-0.25, -0.2) is 0 Å². The molecule has 0 aromatic heterocycles. The Balaban J connectivity index is 1.43. The summed E-state index contributed by atoms with van der Waals surface area (Å²) in [5, 5.41) is 21.9. The first-order valence-electron chi connectivity index (χ1n) is 11.8. The lowest BCUT2D eigenvalue weighted by molar-refractivity contribution is -0.258. The fourth-order valence-electron chi connectivity index (χ4n) is 9.06. The number of fused-ring (bicyclic) bond motifs is 7. The number of aliphatic hydroxyl groups excluding tert-OH is 2. The number of ketones is 1. The first-order valence-corrected chi connectivity index (χ1v) is 11.8. The number of rotatable bonds is 1. The zero-order chi connectivity index (χ0) is 21.6. The van der Waals surface area contributed by atoms with Crippen molar-refractivity contribution in [1.82, 2.24) is 0 Å². The van der Waals surface area contributed by atoms with Crippen molar-refractivity contribution in [1.29, 1.82) is 0 Å². The first-order chi connectivity index (χ1) is 14.8. The van der Waals surface area contributed by atoms with Crippen LogP contribution in [0.5, 0.6) is 0 Å². The highest BCUT2D eigenvalue weighted by Crippen LogP contribution is 2.72. The molecule has 7 nitrogen and oxygen atoms in total. The summed E-state index contributed by atoms with van der Waals surface area (Å²) in [7, 11) is 0. The Labute approximate surface area is 183 Å². The van der Waals surface area contributed by atoms with E-state index in [4.69, 9.17) is 18.9 Å². The molecule has 0 aromatic carbocycles. The van der Waals surface area contributed by atoms with E-state index < -0.39 is 17.5 Å². The van der Waals surface area contributed by atoms with Crippen molar-refractivity contribution in [3.63, 3.8) is 0 Å². The maximum Gasteiger partial charge on any atom is 0.226 e. The van der Waals surface area contributed by atoms with Crippen LogP contribution >= 0.6 is 0 Å². The van der Waals surface area contributed by atoms with Crippen LogP contribution in [0.3, 0.4) is 0 Å². The molecule has 0 radical (unpaired) electrons. The highest BCUT2D eigenvalue weighted by atomic mass is 16.9. The van der Waals surface area contributed by atoms with Gasteiger partial charge in [-0.3, -0.25) is 4.79 Å². The topological polar surface area (TPSA) is 94.5 Å². The highest BCUT2D eigenvalue weighted by Gasteiger charge is 2.77. The van der Waals surface area contributed by atoms with Gasteiger partial charge in [0.2, 0.25) is 5.79 Å². The number of carbonyl (C=O) groups is 1. The van der Waals surface area contributed by atoms with Crippen molar-refractivity contribution in [3.05, 3.63) is 11.6 Å². The van der Waals surface area contributed by atoms with E-state index in [0.29, 0.717) is 25.4 Å². The second kappa shape index (κ2) is 6.61. The molecule has 2 saturated heterocycles. The van der Waals surface area contributed by atoms with Crippen LogP contribution in [0.15, 0.2) is 11.6 Å². The predicted molar refractivity (Wildman–Crippen MR) is 108 cm³/mol. The Morgan fingerprint density at radius 1 is 1.16 bits per heavy atom. The quantitative estimate of drug-likeness (QED) is 0.653. The van der Waals surface area contributed by atoms with Gasteiger partial charge in [-0.2, -0.15) is 0 Å². The van der Waals surface area contributed by atoms with Gasteiger partial charge in [0.25, 0.3) is 0 Å². The van der Waals surface area contributed by atoms with Crippen molar-refractivity contribution >= 4 is 5.78 Å². The molecular formula is C24H34O7. The largest absolute Gasteiger partial charge is 0.396 e. The van der Waals surface area contributed by atoms with E-state index in [9.17, 15) is 15.0 Å². The number of hydrogen-bond acceptors (Lipinski definition) is 7. The summed E-state index contributed by atoms with van der Waals surface area (Å²) in [5.41, 5.74) is -0.146. The Bertz CT molecular complexity index is 813. The van der Waals surface area contributed by atoms with E-state index in [-0.39, 0.29) is 54.6 Å². The van der Waals surface area contributed by atoms with Crippen LogP contribution in [0.4, 0.5) is 0 Å². The molecule has 2 spiro atoms. The van der Waals surface area contributed by atoms with Gasteiger partial charge in [0.1, 0.15) is 12.2 Å². The van der Waals surface area contributed by atoms with Crippen LogP contribution in [0, 0.1) is 34.5 Å². The van der Waals surface area contributed by atoms with Crippen molar-refractivity contribution in [2.45, 2.75) is 69.9 Å². The number of aliphatic hydroxyl groups is 2. The molecule has 0 bridgehead atoms. The summed E-state index contributed by atoms with van der Waals surface area (Å²) in [6.45, 7) is 5.24. The molecule has 31 heavy (non-hydrogen) atoms. The highest BCUT2D eigenvalue weighted by molar-refractivity contribution is 5.91. The summed E-state index contributed by atoms with van der Waals surface area (Å²) in [6, 6.07) is 0. The zero-order valence-electron chi connectivity index (χ0n) is 18.5. The van der Waals surface area contributed by atoms with E-state index in [0.717, 1.165) is 31.3 Å². The summed E-state index contributed by atoms with van der Waals surface area (Å²) in [6.07, 6.45) is 5.75. The average molecular weight is 435 g/mol. The average Bonchev–Trinajstić information content (AvgIpc) is 3.43. The van der Waals surface area contributed by atoms with E-state index in [1.165, 1.54) is 0 Å². The SMILES string of the molecule is C[C@]12CCC(=O)C=C1[C@H](CO)C[C@@H]1[C@@H]2[C@@H](O)C[C@@]2(C)[C@H]1CC[C@@]21OCOC12COCO2. The zero-order valence-corrected chi connectivity index (χ0v) is 18.5. The fraction of sp³-hybridized carbons (Fsp3) is 0.875. The minimum absolute atomic E-state index is 0.0256. The molecule has 7 heteroatoms. The van der Waals surface area contributed by atoms with Crippen LogP contribution in [-0.4, -0.2) is 60.3 Å². The fourth-order valence-corrected chi connectivity index (χ4v) is 9.06. The molecule has 3 saturated carbocycles. The van der Waals surface area contributed by atoms with Gasteiger partial charge in [0.05, 0.1) is 6.10 Å². The lowest BCUT2D eigenvalue weighted by Crippen LogP contribution is -2.66. The first kappa shape index (κ1) is 20.8. The Morgan fingerprint density at radius 3 is 2.71 bits per heavy atom. The predicted octanol–water partition coefficient (Wildman–Crippen LogP) is 2.15. The molecule has 9 atom stereocenters. The monoisotopic (exact) mass is 434 g/mol. The maximum atomic E-state index is 12.2. The van der Waals surface area contributed by atoms with Crippen LogP contribution in [0.25, 0.3) is 0 Å². The summed E-state index contributed by atoms with van der Waals surface area (Å²) in [5.74, 6) is -0.112. The van der Waals surface area contributed by atoms with E-state index in [1.807, 2.05) is 0 Å². The molecule has 2 aliphatic heterocycles. The second-order valence-corrected chi connectivity index (χ2v) is 11.2. The van der Waals surface area contributed by atoms with Gasteiger partial charge < -0.3 is 29.2 Å². The molecule has 172 valence electrons. The van der Waals surface area contributed by atoms with Gasteiger partial charge in [0.15, 0.2) is 19.4 Å². The van der Waals surface area contributed by atoms with Crippen LogP contribution in [0.2, 0.25) is 0 Å². The minimum atomic E-state index is -0.902. The molecule has 1 unspecified atom stereocenters. The molecule has 2 heterocycles. The van der Waals surface area contributed by atoms with Crippen LogP contribution in [0.1, 0.15) is 52.4 Å². The maximum absolute atomic E-state index is 12.2. The van der Waals surface area contributed by atoms with Crippen molar-refractivity contribution < 1.29 is 34.0 Å². The van der Waals surface area contributed by atoms with Gasteiger partial charge in [0, 0.05) is 24.4 Å². The molecule has 2 N–H and O–H groups in total. The van der Waals surface area contributed by atoms with Crippen molar-refractivity contribution in [2.24, 2.45) is 34.5 Å². The third-order valence-electron chi connectivity index (χ3n) is 10.3. The Hall–Kier alpha value is -0.830. The van der Waals surface area contributed by atoms with Gasteiger partial charge in [-0.1, -0.05) is 19.4 Å². The molecule has 4 aliphatic carbocycles. The number of ether oxygens (including phenoxy) is 4. The Morgan fingerprint density at radius 2 is 1.97 bits per heavy atom. The van der Waals surface area contributed by atoms with E-state index in [2.05, 4.69) is 13.8 Å². The van der Waals surface area contributed by atoms with Gasteiger partial charge >= 0.3 is 0 Å². The third kappa shape index (κ3) is 2.38. The van der Waals surface area contributed by atoms with Gasteiger partial charge in [-0.15, -0.1) is 0 Å². The Kier molecular flexibility index (Phi) is 4.43. The second-order valence-electron chi connectivity index (χ2n) is 11.2. The van der Waals surface area contributed by atoms with Crippen LogP contribution < -0.4 is 0 Å². The normalized spacial score (nSPS) is 55.9. The van der Waals surface area contributed by atoms with E-state index >= 15 is 0 Å². The summed E-state index contributed by atoms with van der Waals surface area (Å²) in [4.78, 5) is 12.2. The molecular weight excluding hydrogens is 400 g/mol. The number of hydrogen-bond donors (Lipinski definition) is 2. The van der Waals surface area contributed by atoms with Crippen LogP contribution in [-0.2, 0) is 23.7 Å². The minimum Gasteiger partial charge on any atom is -0.396 e. The standard InChI is InChI=1S/C24H34O7/c1-21-5-3-15(26)8-18(21)14(10-25)7-16-17-4-6-23(22(17,2)9-19(27)20(16)21)24(31-13-29-23)11-28-12-30-24/h8,14,16-17,19-20,25,27H,3-7,9-13H2,1-2H3/t14-,16-,17-,19-,20+,21-,22-,23+,24?/m0/s1. The van der Waals surface area contributed by atoms with E-state index in [1.54, 1.807) is 6.08 Å². The van der Waals surface area contributed by atoms with Crippen molar-refractivity contribution in [3.8, 4) is 0 Å². The van der Waals surface area contributed by atoms with Crippen molar-refractivity contribution in [2.75, 3.05) is 26.8 Å². The molecule has 6 rings (SSSR count).